The van der Waals surface area contributed by atoms with Gasteiger partial charge < -0.3 is 4.90 Å². The number of likely N-dealkylation sites (tertiary alicyclic amines) is 1. The van der Waals surface area contributed by atoms with E-state index in [1.807, 2.05) is 0 Å². The van der Waals surface area contributed by atoms with Gasteiger partial charge in [-0.3, -0.25) is 4.79 Å². The zero-order valence-electron chi connectivity index (χ0n) is 9.09. The van der Waals surface area contributed by atoms with Crippen molar-refractivity contribution in [3.63, 3.8) is 0 Å². The molecule has 1 heterocycles. The van der Waals surface area contributed by atoms with E-state index in [9.17, 15) is 9.18 Å². The first-order valence-electron chi connectivity index (χ1n) is 5.34. The van der Waals surface area contributed by atoms with Crippen LogP contribution in [0.3, 0.4) is 0 Å². The van der Waals surface area contributed by atoms with Crippen LogP contribution in [0.25, 0.3) is 0 Å². The molecule has 4 heteroatoms. The molecule has 0 spiro atoms. The van der Waals surface area contributed by atoms with Gasteiger partial charge in [-0.05, 0) is 53.4 Å². The Balaban J connectivity index is 2.35. The van der Waals surface area contributed by atoms with Gasteiger partial charge in [0, 0.05) is 17.6 Å². The van der Waals surface area contributed by atoms with Gasteiger partial charge in [0.25, 0.3) is 5.91 Å². The van der Waals surface area contributed by atoms with Crippen LogP contribution in [0.15, 0.2) is 16.6 Å². The standard InChI is InChI=1S/C12H13BrFNO/c1-8-6-9(14)7-10(11(8)13)12(16)15-4-2-3-5-15/h6-7H,2-5H2,1H3. The molecule has 2 rings (SSSR count). The Morgan fingerprint density at radius 1 is 1.38 bits per heavy atom. The van der Waals surface area contributed by atoms with Gasteiger partial charge in [0.2, 0.25) is 0 Å². The van der Waals surface area contributed by atoms with Gasteiger partial charge >= 0.3 is 0 Å². The number of aryl methyl sites for hydroxylation is 1. The highest BCUT2D eigenvalue weighted by molar-refractivity contribution is 9.10. The van der Waals surface area contributed by atoms with Crippen LogP contribution in [-0.4, -0.2) is 23.9 Å². The number of hydrogen-bond acceptors (Lipinski definition) is 1. The number of carbonyl (C=O) groups is 1. The minimum Gasteiger partial charge on any atom is -0.339 e. The van der Waals surface area contributed by atoms with Crippen molar-refractivity contribution in [3.8, 4) is 0 Å². The Morgan fingerprint density at radius 3 is 2.62 bits per heavy atom. The van der Waals surface area contributed by atoms with Crippen LogP contribution in [0.4, 0.5) is 4.39 Å². The van der Waals surface area contributed by atoms with Crippen molar-refractivity contribution in [2.24, 2.45) is 0 Å². The van der Waals surface area contributed by atoms with Crippen LogP contribution < -0.4 is 0 Å². The van der Waals surface area contributed by atoms with Crippen molar-refractivity contribution in [2.45, 2.75) is 19.8 Å². The number of rotatable bonds is 1. The van der Waals surface area contributed by atoms with Crippen LogP contribution in [0, 0.1) is 12.7 Å². The summed E-state index contributed by atoms with van der Waals surface area (Å²) in [5, 5.41) is 0. The molecule has 86 valence electrons. The Bertz CT molecular complexity index is 427. The fourth-order valence-corrected chi connectivity index (χ4v) is 2.37. The predicted octanol–water partition coefficient (Wildman–Crippen LogP) is 3.13. The second-order valence-electron chi connectivity index (χ2n) is 4.08. The zero-order chi connectivity index (χ0) is 11.7. The Kier molecular flexibility index (Phi) is 3.28. The maximum absolute atomic E-state index is 13.3. The van der Waals surface area contributed by atoms with E-state index in [-0.39, 0.29) is 11.7 Å². The van der Waals surface area contributed by atoms with Crippen molar-refractivity contribution in [1.29, 1.82) is 0 Å². The number of hydrogen-bond donors (Lipinski definition) is 0. The lowest BCUT2D eigenvalue weighted by atomic mass is 10.1. The maximum atomic E-state index is 13.3. The molecule has 0 N–H and O–H groups in total. The first kappa shape index (κ1) is 11.6. The molecule has 1 aromatic carbocycles. The lowest BCUT2D eigenvalue weighted by molar-refractivity contribution is 0.0791. The normalized spacial score (nSPS) is 15.6. The van der Waals surface area contributed by atoms with E-state index in [2.05, 4.69) is 15.9 Å². The third-order valence-corrected chi connectivity index (χ3v) is 3.90. The molecule has 2 nitrogen and oxygen atoms in total. The van der Waals surface area contributed by atoms with Gasteiger partial charge in [0.05, 0.1) is 5.56 Å². The predicted molar refractivity (Wildman–Crippen MR) is 64.0 cm³/mol. The summed E-state index contributed by atoms with van der Waals surface area (Å²) in [5.74, 6) is -0.435. The van der Waals surface area contributed by atoms with E-state index in [4.69, 9.17) is 0 Å². The van der Waals surface area contributed by atoms with Gasteiger partial charge in [0.1, 0.15) is 5.82 Å². The quantitative estimate of drug-likeness (QED) is 0.776. The second kappa shape index (κ2) is 4.53. The summed E-state index contributed by atoms with van der Waals surface area (Å²) in [4.78, 5) is 13.9. The van der Waals surface area contributed by atoms with Gasteiger partial charge in [-0.1, -0.05) is 0 Å². The molecule has 0 aromatic heterocycles. The highest BCUT2D eigenvalue weighted by Gasteiger charge is 2.22. The highest BCUT2D eigenvalue weighted by atomic mass is 79.9. The second-order valence-corrected chi connectivity index (χ2v) is 4.88. The van der Waals surface area contributed by atoms with Crippen molar-refractivity contribution >= 4 is 21.8 Å². The summed E-state index contributed by atoms with van der Waals surface area (Å²) < 4.78 is 14.0. The molecule has 0 atom stereocenters. The fraction of sp³-hybridized carbons (Fsp3) is 0.417. The molecule has 0 aliphatic carbocycles. The summed E-state index contributed by atoms with van der Waals surface area (Å²) in [6.07, 6.45) is 2.08. The average Bonchev–Trinajstić information content (AvgIpc) is 2.75. The van der Waals surface area contributed by atoms with Crippen molar-refractivity contribution in [3.05, 3.63) is 33.5 Å². The molecule has 1 aromatic rings. The van der Waals surface area contributed by atoms with Gasteiger partial charge in [0.15, 0.2) is 0 Å². The Morgan fingerprint density at radius 2 is 2.00 bits per heavy atom. The molecule has 1 aliphatic rings. The van der Waals surface area contributed by atoms with Crippen LogP contribution in [0.2, 0.25) is 0 Å². The van der Waals surface area contributed by atoms with Crippen LogP contribution in [0.1, 0.15) is 28.8 Å². The molecule has 1 amide bonds. The molecule has 0 bridgehead atoms. The summed E-state index contributed by atoms with van der Waals surface area (Å²) in [6, 6.07) is 2.72. The molecule has 1 saturated heterocycles. The van der Waals surface area contributed by atoms with E-state index in [1.165, 1.54) is 12.1 Å². The van der Waals surface area contributed by atoms with Crippen LogP contribution >= 0.6 is 15.9 Å². The molecule has 16 heavy (non-hydrogen) atoms. The smallest absolute Gasteiger partial charge is 0.255 e. The minimum atomic E-state index is -0.358. The molecule has 0 saturated carbocycles. The number of carbonyl (C=O) groups excluding carboxylic acids is 1. The Hall–Kier alpha value is -0.900. The van der Waals surface area contributed by atoms with Crippen molar-refractivity contribution in [1.82, 2.24) is 4.90 Å². The van der Waals surface area contributed by atoms with Crippen LogP contribution in [-0.2, 0) is 0 Å². The summed E-state index contributed by atoms with van der Waals surface area (Å²) in [5.41, 5.74) is 1.18. The van der Waals surface area contributed by atoms with Crippen LogP contribution in [0.5, 0.6) is 0 Å². The maximum Gasteiger partial charge on any atom is 0.255 e. The van der Waals surface area contributed by atoms with Gasteiger partial charge in [-0.15, -0.1) is 0 Å². The summed E-state index contributed by atoms with van der Waals surface area (Å²) in [6.45, 7) is 3.34. The first-order chi connectivity index (χ1) is 7.59. The molecule has 0 radical (unpaired) electrons. The van der Waals surface area contributed by atoms with E-state index in [1.54, 1.807) is 11.8 Å². The largest absolute Gasteiger partial charge is 0.339 e. The molecular weight excluding hydrogens is 273 g/mol. The first-order valence-corrected chi connectivity index (χ1v) is 6.14. The number of nitrogens with zero attached hydrogens (tertiary/aromatic N) is 1. The third kappa shape index (κ3) is 2.12. The summed E-state index contributed by atoms with van der Waals surface area (Å²) >= 11 is 3.35. The Labute approximate surface area is 103 Å². The molecule has 1 fully saturated rings. The topological polar surface area (TPSA) is 20.3 Å². The van der Waals surface area contributed by atoms with E-state index >= 15 is 0 Å². The minimum absolute atomic E-state index is 0.0769. The molecule has 1 aliphatic heterocycles. The number of amides is 1. The average molecular weight is 286 g/mol. The lowest BCUT2D eigenvalue weighted by Gasteiger charge is -2.17. The number of halogens is 2. The van der Waals surface area contributed by atoms with Crippen molar-refractivity contribution in [2.75, 3.05) is 13.1 Å². The van der Waals surface area contributed by atoms with Crippen molar-refractivity contribution < 1.29 is 9.18 Å². The van der Waals surface area contributed by atoms with E-state index in [0.717, 1.165) is 31.5 Å². The zero-order valence-corrected chi connectivity index (χ0v) is 10.7. The van der Waals surface area contributed by atoms with E-state index < -0.39 is 0 Å². The number of benzene rings is 1. The molecular formula is C12H13BrFNO. The monoisotopic (exact) mass is 285 g/mol. The lowest BCUT2D eigenvalue weighted by Crippen LogP contribution is -2.28. The fourth-order valence-electron chi connectivity index (χ4n) is 1.97. The highest BCUT2D eigenvalue weighted by Crippen LogP contribution is 2.25. The third-order valence-electron chi connectivity index (χ3n) is 2.84. The molecule has 0 unspecified atom stereocenters. The SMILES string of the molecule is Cc1cc(F)cc(C(=O)N2CCCC2)c1Br. The van der Waals surface area contributed by atoms with Gasteiger partial charge in [-0.2, -0.15) is 0 Å². The van der Waals surface area contributed by atoms with Gasteiger partial charge in [-0.25, -0.2) is 4.39 Å². The summed E-state index contributed by atoms with van der Waals surface area (Å²) in [7, 11) is 0. The van der Waals surface area contributed by atoms with E-state index in [0.29, 0.717) is 10.0 Å².